The molecule has 20 heavy (non-hydrogen) atoms. The Morgan fingerprint density at radius 2 is 2.05 bits per heavy atom. The van der Waals surface area contributed by atoms with Gasteiger partial charge in [0.25, 0.3) is 0 Å². The Kier molecular flexibility index (Phi) is 5.76. The average molecular weight is 303 g/mol. The van der Waals surface area contributed by atoms with Gasteiger partial charge in [-0.1, -0.05) is 0 Å². The minimum absolute atomic E-state index is 0.109. The molecular formula is C13H21NO5S. The van der Waals surface area contributed by atoms with Crippen molar-refractivity contribution in [3.05, 3.63) is 23.7 Å². The number of furan rings is 1. The van der Waals surface area contributed by atoms with E-state index in [1.807, 2.05) is 0 Å². The third kappa shape index (κ3) is 4.97. The number of aryl methyl sites for hydroxylation is 1. The number of rotatable bonds is 8. The van der Waals surface area contributed by atoms with Crippen LogP contribution in [0.15, 0.2) is 16.5 Å². The van der Waals surface area contributed by atoms with Crippen LogP contribution in [0.1, 0.15) is 38.2 Å². The number of aliphatic carboxylic acids is 1. The molecule has 0 aliphatic carbocycles. The number of carbonyl (C=O) groups is 1. The third-order valence-corrected chi connectivity index (χ3v) is 4.90. The zero-order valence-corrected chi connectivity index (χ0v) is 12.8. The van der Waals surface area contributed by atoms with E-state index in [0.29, 0.717) is 5.76 Å². The van der Waals surface area contributed by atoms with E-state index in [1.54, 1.807) is 32.9 Å². The molecule has 0 aliphatic rings. The molecule has 0 atom stereocenters. The lowest BCUT2D eigenvalue weighted by Crippen LogP contribution is -2.38. The van der Waals surface area contributed by atoms with E-state index in [0.717, 1.165) is 5.76 Å². The standard InChI is InChI=1S/C13H21NO5S/c1-10(2)14(9-12-7-6-11(3)19-12)20(17,18)8-4-5-13(15)16/h6-7,10H,4-5,8-9H2,1-3H3,(H,15,16). The van der Waals surface area contributed by atoms with E-state index in [4.69, 9.17) is 9.52 Å². The predicted octanol–water partition coefficient (Wildman–Crippen LogP) is 1.99. The van der Waals surface area contributed by atoms with Crippen LogP contribution >= 0.6 is 0 Å². The topological polar surface area (TPSA) is 87.8 Å². The van der Waals surface area contributed by atoms with Crippen LogP contribution in [0.5, 0.6) is 0 Å². The smallest absolute Gasteiger partial charge is 0.303 e. The van der Waals surface area contributed by atoms with Crippen LogP contribution in [0.3, 0.4) is 0 Å². The summed E-state index contributed by atoms with van der Waals surface area (Å²) in [6.45, 7) is 5.53. The first-order chi connectivity index (χ1) is 9.22. The van der Waals surface area contributed by atoms with Gasteiger partial charge in [0.2, 0.25) is 10.0 Å². The second-order valence-electron chi connectivity index (χ2n) is 4.96. The van der Waals surface area contributed by atoms with Gasteiger partial charge in [-0.25, -0.2) is 8.42 Å². The van der Waals surface area contributed by atoms with Crippen molar-refractivity contribution in [3.63, 3.8) is 0 Å². The summed E-state index contributed by atoms with van der Waals surface area (Å²) in [4.78, 5) is 10.5. The molecule has 0 bridgehead atoms. The lowest BCUT2D eigenvalue weighted by Gasteiger charge is -2.24. The van der Waals surface area contributed by atoms with Crippen molar-refractivity contribution >= 4 is 16.0 Å². The van der Waals surface area contributed by atoms with Gasteiger partial charge in [-0.15, -0.1) is 0 Å². The van der Waals surface area contributed by atoms with Gasteiger partial charge in [-0.3, -0.25) is 4.79 Å². The number of nitrogens with zero attached hydrogens (tertiary/aromatic N) is 1. The van der Waals surface area contributed by atoms with Crippen molar-refractivity contribution in [3.8, 4) is 0 Å². The average Bonchev–Trinajstić information content (AvgIpc) is 2.70. The van der Waals surface area contributed by atoms with Crippen LogP contribution in [0.2, 0.25) is 0 Å². The fourth-order valence-corrected chi connectivity index (χ4v) is 3.56. The monoisotopic (exact) mass is 303 g/mol. The Bertz CT molecular complexity index is 547. The van der Waals surface area contributed by atoms with E-state index in [1.165, 1.54) is 4.31 Å². The number of carboxylic acid groups (broad SMARTS) is 1. The molecule has 114 valence electrons. The first kappa shape index (κ1) is 16.7. The minimum atomic E-state index is -3.50. The first-order valence-corrected chi connectivity index (χ1v) is 8.10. The second kappa shape index (κ2) is 6.90. The molecule has 1 aromatic heterocycles. The van der Waals surface area contributed by atoms with Crippen molar-refractivity contribution < 1.29 is 22.7 Å². The normalized spacial score (nSPS) is 12.2. The Hall–Kier alpha value is -1.34. The van der Waals surface area contributed by atoms with Gasteiger partial charge in [-0.2, -0.15) is 4.31 Å². The summed E-state index contributed by atoms with van der Waals surface area (Å²) < 4.78 is 31.3. The summed E-state index contributed by atoms with van der Waals surface area (Å²) in [6.07, 6.45) is -0.0386. The molecule has 0 amide bonds. The van der Waals surface area contributed by atoms with Crippen LogP contribution in [-0.2, 0) is 21.4 Å². The van der Waals surface area contributed by atoms with Gasteiger partial charge < -0.3 is 9.52 Å². The first-order valence-electron chi connectivity index (χ1n) is 6.49. The number of hydrogen-bond donors (Lipinski definition) is 1. The predicted molar refractivity (Wildman–Crippen MR) is 74.8 cm³/mol. The number of hydrogen-bond acceptors (Lipinski definition) is 4. The molecule has 7 heteroatoms. The zero-order chi connectivity index (χ0) is 15.3. The molecule has 0 spiro atoms. The van der Waals surface area contributed by atoms with Crippen LogP contribution in [0.4, 0.5) is 0 Å². The summed E-state index contributed by atoms with van der Waals surface area (Å²) in [7, 11) is -3.50. The highest BCUT2D eigenvalue weighted by Gasteiger charge is 2.26. The van der Waals surface area contributed by atoms with Gasteiger partial charge in [0.05, 0.1) is 12.3 Å². The maximum atomic E-state index is 12.3. The molecule has 0 aromatic carbocycles. The SMILES string of the molecule is Cc1ccc(CN(C(C)C)S(=O)(=O)CCCC(=O)O)o1. The Balaban J connectivity index is 2.76. The van der Waals surface area contributed by atoms with Crippen LogP contribution in [-0.4, -0.2) is 35.6 Å². The summed E-state index contributed by atoms with van der Waals surface area (Å²) in [5.74, 6) is 0.153. The van der Waals surface area contributed by atoms with Gasteiger partial charge >= 0.3 is 5.97 Å². The maximum Gasteiger partial charge on any atom is 0.303 e. The van der Waals surface area contributed by atoms with Gasteiger partial charge in [-0.05, 0) is 39.3 Å². The van der Waals surface area contributed by atoms with E-state index in [2.05, 4.69) is 0 Å². The maximum absolute atomic E-state index is 12.3. The minimum Gasteiger partial charge on any atom is -0.481 e. The van der Waals surface area contributed by atoms with Gasteiger partial charge in [0.15, 0.2) is 0 Å². The molecule has 1 aromatic rings. The summed E-state index contributed by atoms with van der Waals surface area (Å²) in [5.41, 5.74) is 0. The Labute approximate surface area is 119 Å². The fourth-order valence-electron chi connectivity index (χ4n) is 1.85. The largest absolute Gasteiger partial charge is 0.481 e. The summed E-state index contributed by atoms with van der Waals surface area (Å²) >= 11 is 0. The molecule has 1 N–H and O–H groups in total. The van der Waals surface area contributed by atoms with E-state index in [9.17, 15) is 13.2 Å². The van der Waals surface area contributed by atoms with Crippen molar-refractivity contribution in [2.24, 2.45) is 0 Å². The number of carboxylic acids is 1. The highest BCUT2D eigenvalue weighted by atomic mass is 32.2. The van der Waals surface area contributed by atoms with E-state index in [-0.39, 0.29) is 31.2 Å². The molecule has 1 rings (SSSR count). The molecule has 1 heterocycles. The molecule has 6 nitrogen and oxygen atoms in total. The van der Waals surface area contributed by atoms with Gasteiger partial charge in [0, 0.05) is 12.5 Å². The van der Waals surface area contributed by atoms with Crippen LogP contribution < -0.4 is 0 Å². The molecule has 0 saturated heterocycles. The highest BCUT2D eigenvalue weighted by Crippen LogP contribution is 2.16. The lowest BCUT2D eigenvalue weighted by atomic mass is 10.3. The van der Waals surface area contributed by atoms with Crippen molar-refractivity contribution in [1.29, 1.82) is 0 Å². The number of sulfonamides is 1. The summed E-state index contributed by atoms with van der Waals surface area (Å²) in [5, 5.41) is 8.57. The van der Waals surface area contributed by atoms with Crippen molar-refractivity contribution in [2.75, 3.05) is 5.75 Å². The Morgan fingerprint density at radius 3 is 2.50 bits per heavy atom. The fraction of sp³-hybridized carbons (Fsp3) is 0.615. The third-order valence-electron chi connectivity index (χ3n) is 2.83. The highest BCUT2D eigenvalue weighted by molar-refractivity contribution is 7.89. The second-order valence-corrected chi connectivity index (χ2v) is 7.01. The molecule has 0 saturated carbocycles. The van der Waals surface area contributed by atoms with Gasteiger partial charge in [0.1, 0.15) is 11.5 Å². The van der Waals surface area contributed by atoms with Crippen molar-refractivity contribution in [2.45, 2.75) is 46.2 Å². The lowest BCUT2D eigenvalue weighted by molar-refractivity contribution is -0.137. The van der Waals surface area contributed by atoms with Crippen LogP contribution in [0, 0.1) is 6.92 Å². The zero-order valence-electron chi connectivity index (χ0n) is 12.0. The summed E-state index contributed by atoms with van der Waals surface area (Å²) in [6, 6.07) is 3.32. The van der Waals surface area contributed by atoms with Crippen molar-refractivity contribution in [1.82, 2.24) is 4.31 Å². The van der Waals surface area contributed by atoms with E-state index < -0.39 is 16.0 Å². The van der Waals surface area contributed by atoms with Crippen LogP contribution in [0.25, 0.3) is 0 Å². The Morgan fingerprint density at radius 1 is 1.40 bits per heavy atom. The quantitative estimate of drug-likeness (QED) is 0.793. The van der Waals surface area contributed by atoms with E-state index >= 15 is 0 Å². The molecular weight excluding hydrogens is 282 g/mol. The molecule has 0 unspecified atom stereocenters. The molecule has 0 fully saturated rings. The molecule has 0 aliphatic heterocycles. The molecule has 0 radical (unpaired) electrons.